The molecule has 0 saturated carbocycles. The molecule has 3 aromatic heterocycles. The highest BCUT2D eigenvalue weighted by molar-refractivity contribution is 7.21. The molecule has 258 valence electrons. The third-order valence-corrected chi connectivity index (χ3v) is 9.51. The number of oxime groups is 1. The Morgan fingerprint density at radius 3 is 2.50 bits per heavy atom. The number of hydrogen-bond acceptors (Lipinski definition) is 12. The molecule has 2 aliphatic rings. The first-order chi connectivity index (χ1) is 24.4. The molecule has 0 aliphatic carbocycles. The fraction of sp³-hybridized carbons (Fsp3) is 0.278. The zero-order chi connectivity index (χ0) is 34.8. The molecule has 1 N–H and O–H groups in total. The van der Waals surface area contributed by atoms with Gasteiger partial charge < -0.3 is 37.8 Å². The monoisotopic (exact) mass is 697 g/mol. The normalized spacial score (nSPS) is 15.0. The minimum absolute atomic E-state index is 0.00381. The number of hydrazone groups is 1. The molecule has 5 aromatic rings. The summed E-state index contributed by atoms with van der Waals surface area (Å²) in [5.41, 5.74) is 8.19. The van der Waals surface area contributed by atoms with Crippen molar-refractivity contribution < 1.29 is 38.1 Å². The van der Waals surface area contributed by atoms with Gasteiger partial charge >= 0.3 is 0 Å². The lowest BCUT2D eigenvalue weighted by Gasteiger charge is -2.19. The summed E-state index contributed by atoms with van der Waals surface area (Å²) in [4.78, 5) is 25.7. The van der Waals surface area contributed by atoms with Crippen LogP contribution in [0.2, 0.25) is 0 Å². The number of thiophene rings is 1. The number of hydrogen-bond donors (Lipinski definition) is 1. The van der Waals surface area contributed by atoms with Gasteiger partial charge in [-0.25, -0.2) is 10.4 Å². The smallest absolute Gasteiger partial charge is 0.283 e. The van der Waals surface area contributed by atoms with Gasteiger partial charge in [0.15, 0.2) is 11.5 Å². The lowest BCUT2D eigenvalue weighted by Crippen LogP contribution is -2.19. The summed E-state index contributed by atoms with van der Waals surface area (Å²) in [7, 11) is 6.37. The summed E-state index contributed by atoms with van der Waals surface area (Å²) >= 11 is 1.29. The molecule has 0 spiro atoms. The molecule has 0 unspecified atom stereocenters. The van der Waals surface area contributed by atoms with Gasteiger partial charge in [0.25, 0.3) is 5.91 Å². The molecule has 2 aliphatic heterocycles. The Morgan fingerprint density at radius 2 is 1.80 bits per heavy atom. The number of pyridine rings is 1. The van der Waals surface area contributed by atoms with Gasteiger partial charge in [0, 0.05) is 54.6 Å². The summed E-state index contributed by atoms with van der Waals surface area (Å²) in [5, 5.41) is 9.65. The number of carbonyl (C=O) groups excluding carboxylic acids is 1. The lowest BCUT2D eigenvalue weighted by molar-refractivity contribution is 0.0853. The molecule has 0 bridgehead atoms. The second kappa shape index (κ2) is 14.1. The molecule has 13 nitrogen and oxygen atoms in total. The van der Waals surface area contributed by atoms with Gasteiger partial charge in [0.05, 0.1) is 45.5 Å². The number of nitrogens with zero attached hydrogens (tertiary/aromatic N) is 4. The van der Waals surface area contributed by atoms with Crippen LogP contribution >= 0.6 is 11.3 Å². The van der Waals surface area contributed by atoms with Crippen LogP contribution in [0.3, 0.4) is 0 Å². The van der Waals surface area contributed by atoms with Crippen LogP contribution in [0.4, 0.5) is 0 Å². The van der Waals surface area contributed by atoms with Gasteiger partial charge in [-0.2, -0.15) is 5.10 Å². The minimum atomic E-state index is -0.404. The highest BCUT2D eigenvalue weighted by atomic mass is 32.1. The topological polar surface area (TPSA) is 136 Å². The maximum atomic E-state index is 13.9. The van der Waals surface area contributed by atoms with Crippen molar-refractivity contribution in [3.8, 4) is 34.4 Å². The fourth-order valence-corrected chi connectivity index (χ4v) is 7.42. The predicted molar refractivity (Wildman–Crippen MR) is 188 cm³/mol. The van der Waals surface area contributed by atoms with Crippen molar-refractivity contribution in [2.24, 2.45) is 10.3 Å². The number of ether oxygens (including phenoxy) is 6. The molecule has 1 atom stereocenters. The van der Waals surface area contributed by atoms with Crippen molar-refractivity contribution in [1.82, 2.24) is 15.0 Å². The molecule has 0 radical (unpaired) electrons. The molecule has 7 rings (SSSR count). The van der Waals surface area contributed by atoms with Crippen LogP contribution < -0.4 is 29.1 Å². The van der Waals surface area contributed by atoms with Crippen molar-refractivity contribution in [2.75, 3.05) is 35.2 Å². The quantitative estimate of drug-likeness (QED) is 0.127. The summed E-state index contributed by atoms with van der Waals surface area (Å²) in [6.45, 7) is 2.29. The van der Waals surface area contributed by atoms with E-state index in [9.17, 15) is 4.79 Å². The van der Waals surface area contributed by atoms with Gasteiger partial charge in [-0.1, -0.05) is 5.16 Å². The molecule has 0 saturated heterocycles. The highest BCUT2D eigenvalue weighted by Gasteiger charge is 2.34. The number of nitrogens with one attached hydrogen (secondary N) is 1. The third kappa shape index (κ3) is 6.07. The van der Waals surface area contributed by atoms with Crippen LogP contribution in [-0.4, -0.2) is 68.7 Å². The standard InChI is InChI=1S/C36H35N5O8S/c1-20-14-22(18-43-2)28-29(41-12-6-7-13-41)34(50-36(28)38-20)35(42)39-37-17-26-25(30(45-4)32-33(31(26)46-5)48-19-47-32)15-24-16-27(40-49-24)21-8-10-23(44-3)11-9-21/h6-14,17,24H,15-16,18-19H2,1-5H3,(H,39,42)/b37-17-/t24-/m0/s1. The number of amides is 1. The average Bonchev–Trinajstić information content (AvgIpc) is 3.95. The van der Waals surface area contributed by atoms with E-state index >= 15 is 0 Å². The Bertz CT molecular complexity index is 2110. The van der Waals surface area contributed by atoms with E-state index in [0.29, 0.717) is 64.1 Å². The largest absolute Gasteiger partial charge is 0.497 e. The van der Waals surface area contributed by atoms with Crippen LogP contribution in [0, 0.1) is 6.92 Å². The number of rotatable bonds is 12. The second-order valence-corrected chi connectivity index (χ2v) is 12.5. The van der Waals surface area contributed by atoms with E-state index in [4.69, 9.17) is 38.2 Å². The molecule has 14 heteroatoms. The molecule has 2 aromatic carbocycles. The Kier molecular flexibility index (Phi) is 9.28. The number of aryl methyl sites for hydroxylation is 1. The average molecular weight is 698 g/mol. The van der Waals surface area contributed by atoms with Gasteiger partial charge in [-0.3, -0.25) is 4.79 Å². The molecule has 5 heterocycles. The Hall–Kier alpha value is -5.60. The SMILES string of the molecule is COCc1cc(C)nc2sc(C(=O)N/N=C\c3c(C[C@H]4CC(c5ccc(OC)cc5)=NO4)c(OC)c4c(c3OC)OCO4)c(-n3cccc3)c12. The first-order valence-electron chi connectivity index (χ1n) is 15.8. The van der Waals surface area contributed by atoms with Crippen molar-refractivity contribution in [1.29, 1.82) is 0 Å². The zero-order valence-electron chi connectivity index (χ0n) is 28.1. The van der Waals surface area contributed by atoms with Crippen molar-refractivity contribution in [3.05, 3.63) is 87.7 Å². The van der Waals surface area contributed by atoms with E-state index in [1.165, 1.54) is 24.7 Å². The summed E-state index contributed by atoms with van der Waals surface area (Å²) in [6.07, 6.45) is 5.90. The van der Waals surface area contributed by atoms with E-state index < -0.39 is 5.91 Å². The summed E-state index contributed by atoms with van der Waals surface area (Å²) in [6, 6.07) is 13.4. The van der Waals surface area contributed by atoms with Gasteiger partial charge in [-0.15, -0.1) is 11.3 Å². The van der Waals surface area contributed by atoms with Crippen molar-refractivity contribution in [3.63, 3.8) is 0 Å². The van der Waals surface area contributed by atoms with Crippen LogP contribution in [0.1, 0.15) is 44.0 Å². The number of fused-ring (bicyclic) bond motifs is 2. The van der Waals surface area contributed by atoms with E-state index in [0.717, 1.165) is 38.5 Å². The maximum absolute atomic E-state index is 13.9. The van der Waals surface area contributed by atoms with Gasteiger partial charge in [-0.05, 0) is 60.5 Å². The van der Waals surface area contributed by atoms with Gasteiger partial charge in [0.1, 0.15) is 21.6 Å². The second-order valence-electron chi connectivity index (χ2n) is 11.5. The number of benzene rings is 2. The number of carbonyl (C=O) groups is 1. The molecule has 1 amide bonds. The summed E-state index contributed by atoms with van der Waals surface area (Å²) in [5.74, 6) is 2.01. The molecule has 0 fully saturated rings. The maximum Gasteiger partial charge on any atom is 0.283 e. The first kappa shape index (κ1) is 32.9. The Labute approximate surface area is 292 Å². The van der Waals surface area contributed by atoms with E-state index in [2.05, 4.69) is 15.7 Å². The van der Waals surface area contributed by atoms with Crippen LogP contribution in [0.25, 0.3) is 15.9 Å². The predicted octanol–water partition coefficient (Wildman–Crippen LogP) is 5.80. The Balaban J connectivity index is 1.21. The van der Waals surface area contributed by atoms with Crippen molar-refractivity contribution in [2.45, 2.75) is 32.5 Å². The molecular formula is C36H35N5O8S. The fourth-order valence-electron chi connectivity index (χ4n) is 6.27. The Morgan fingerprint density at radius 1 is 1.06 bits per heavy atom. The third-order valence-electron chi connectivity index (χ3n) is 8.44. The van der Waals surface area contributed by atoms with Crippen LogP contribution in [0.5, 0.6) is 28.7 Å². The van der Waals surface area contributed by atoms with Gasteiger partial charge in [0.2, 0.25) is 18.3 Å². The van der Waals surface area contributed by atoms with Crippen LogP contribution in [-0.2, 0) is 22.6 Å². The lowest BCUT2D eigenvalue weighted by atomic mass is 9.95. The highest BCUT2D eigenvalue weighted by Crippen LogP contribution is 2.52. The minimum Gasteiger partial charge on any atom is -0.497 e. The zero-order valence-corrected chi connectivity index (χ0v) is 29.0. The van der Waals surface area contributed by atoms with E-state index in [1.54, 1.807) is 21.3 Å². The van der Waals surface area contributed by atoms with Crippen LogP contribution in [0.15, 0.2) is 65.1 Å². The van der Waals surface area contributed by atoms with E-state index in [1.807, 2.05) is 66.3 Å². The molecular weight excluding hydrogens is 662 g/mol. The molecule has 50 heavy (non-hydrogen) atoms. The first-order valence-corrected chi connectivity index (χ1v) is 16.6. The van der Waals surface area contributed by atoms with E-state index in [-0.39, 0.29) is 12.9 Å². The number of methoxy groups -OCH3 is 4. The number of aromatic nitrogens is 2. The summed E-state index contributed by atoms with van der Waals surface area (Å²) < 4.78 is 36.0. The van der Waals surface area contributed by atoms with Crippen molar-refractivity contribution >= 4 is 39.4 Å².